The van der Waals surface area contributed by atoms with Crippen molar-refractivity contribution in [3.63, 3.8) is 0 Å². The second-order valence-electron chi connectivity index (χ2n) is 3.34. The minimum Gasteiger partial charge on any atom is -0.481 e. The van der Waals surface area contributed by atoms with E-state index in [2.05, 4.69) is 0 Å². The molecule has 0 bridgehead atoms. The van der Waals surface area contributed by atoms with Crippen LogP contribution in [-0.4, -0.2) is 48.7 Å². The molecule has 0 aromatic carbocycles. The lowest BCUT2D eigenvalue weighted by Gasteiger charge is -2.22. The average molecular weight is 203 g/mol. The number of amides is 1. The molecule has 1 N–H and O–H groups in total. The zero-order chi connectivity index (χ0) is 11.3. The third-order valence-electron chi connectivity index (χ3n) is 2.05. The van der Waals surface area contributed by atoms with E-state index in [9.17, 15) is 9.59 Å². The first-order valence-corrected chi connectivity index (χ1v) is 4.40. The van der Waals surface area contributed by atoms with E-state index in [1.54, 1.807) is 20.9 Å². The SMILES string of the molecule is COC(C)C(=O)N(C)CC(C)C(=O)O. The molecule has 0 fully saturated rings. The molecule has 2 unspecified atom stereocenters. The predicted molar refractivity (Wildman–Crippen MR) is 50.9 cm³/mol. The monoisotopic (exact) mass is 203 g/mol. The summed E-state index contributed by atoms with van der Waals surface area (Å²) in [4.78, 5) is 23.3. The van der Waals surface area contributed by atoms with Crippen LogP contribution in [0, 0.1) is 5.92 Å². The van der Waals surface area contributed by atoms with E-state index >= 15 is 0 Å². The van der Waals surface area contributed by atoms with Gasteiger partial charge in [-0.3, -0.25) is 9.59 Å². The van der Waals surface area contributed by atoms with Gasteiger partial charge in [0, 0.05) is 20.7 Å². The third-order valence-corrected chi connectivity index (χ3v) is 2.05. The highest BCUT2D eigenvalue weighted by molar-refractivity contribution is 5.81. The van der Waals surface area contributed by atoms with Gasteiger partial charge in [0.15, 0.2) is 0 Å². The topological polar surface area (TPSA) is 66.8 Å². The quantitative estimate of drug-likeness (QED) is 0.693. The summed E-state index contributed by atoms with van der Waals surface area (Å²) in [6, 6.07) is 0. The molecular formula is C9H17NO4. The standard InChI is InChI=1S/C9H17NO4/c1-6(9(12)13)5-10(3)8(11)7(2)14-4/h6-7H,5H2,1-4H3,(H,12,13). The molecule has 0 aromatic rings. The lowest BCUT2D eigenvalue weighted by Crippen LogP contribution is -2.39. The number of carboxylic acid groups (broad SMARTS) is 1. The summed E-state index contributed by atoms with van der Waals surface area (Å²) in [5.41, 5.74) is 0. The highest BCUT2D eigenvalue weighted by Gasteiger charge is 2.21. The van der Waals surface area contributed by atoms with Crippen LogP contribution in [-0.2, 0) is 14.3 Å². The first kappa shape index (κ1) is 12.9. The van der Waals surface area contributed by atoms with E-state index in [1.807, 2.05) is 0 Å². The molecule has 0 aromatic heterocycles. The summed E-state index contributed by atoms with van der Waals surface area (Å²) in [5, 5.41) is 8.64. The number of likely N-dealkylation sites (N-methyl/N-ethyl adjacent to an activating group) is 1. The van der Waals surface area contributed by atoms with Gasteiger partial charge in [0.2, 0.25) is 0 Å². The molecule has 0 rings (SSSR count). The molecule has 14 heavy (non-hydrogen) atoms. The Kier molecular flexibility index (Phi) is 5.15. The van der Waals surface area contributed by atoms with Crippen molar-refractivity contribution in [1.29, 1.82) is 0 Å². The second kappa shape index (κ2) is 5.59. The van der Waals surface area contributed by atoms with Gasteiger partial charge >= 0.3 is 5.97 Å². The van der Waals surface area contributed by atoms with Crippen molar-refractivity contribution in [2.24, 2.45) is 5.92 Å². The third kappa shape index (κ3) is 3.74. The number of rotatable bonds is 5. The molecule has 0 saturated heterocycles. The Labute approximate surface area is 83.6 Å². The van der Waals surface area contributed by atoms with E-state index in [1.165, 1.54) is 12.0 Å². The van der Waals surface area contributed by atoms with Gasteiger partial charge in [-0.2, -0.15) is 0 Å². The smallest absolute Gasteiger partial charge is 0.308 e. The molecule has 0 aliphatic carbocycles. The molecule has 5 heteroatoms. The number of hydrogen-bond acceptors (Lipinski definition) is 3. The van der Waals surface area contributed by atoms with Gasteiger partial charge in [-0.1, -0.05) is 6.92 Å². The van der Waals surface area contributed by atoms with Gasteiger partial charge in [0.05, 0.1) is 5.92 Å². The van der Waals surface area contributed by atoms with Gasteiger partial charge in [-0.25, -0.2) is 0 Å². The van der Waals surface area contributed by atoms with Crippen LogP contribution in [0.3, 0.4) is 0 Å². The maximum Gasteiger partial charge on any atom is 0.308 e. The Morgan fingerprint density at radius 3 is 2.29 bits per heavy atom. The van der Waals surface area contributed by atoms with Crippen molar-refractivity contribution >= 4 is 11.9 Å². The highest BCUT2D eigenvalue weighted by atomic mass is 16.5. The Balaban J connectivity index is 4.14. The van der Waals surface area contributed by atoms with Crippen LogP contribution < -0.4 is 0 Å². The maximum atomic E-state index is 11.4. The summed E-state index contributed by atoms with van der Waals surface area (Å²) < 4.78 is 4.84. The van der Waals surface area contributed by atoms with Gasteiger partial charge in [-0.15, -0.1) is 0 Å². The Morgan fingerprint density at radius 1 is 1.43 bits per heavy atom. The number of ether oxygens (including phenoxy) is 1. The number of carbonyl (C=O) groups excluding carboxylic acids is 1. The van der Waals surface area contributed by atoms with E-state index in [0.29, 0.717) is 0 Å². The molecule has 2 atom stereocenters. The zero-order valence-corrected chi connectivity index (χ0v) is 8.98. The summed E-state index contributed by atoms with van der Waals surface area (Å²) in [6.07, 6.45) is -0.527. The van der Waals surface area contributed by atoms with Crippen molar-refractivity contribution in [3.8, 4) is 0 Å². The Bertz CT molecular complexity index is 217. The highest BCUT2D eigenvalue weighted by Crippen LogP contribution is 2.01. The van der Waals surface area contributed by atoms with Crippen LogP contribution >= 0.6 is 0 Å². The van der Waals surface area contributed by atoms with Gasteiger partial charge in [-0.05, 0) is 6.92 Å². The van der Waals surface area contributed by atoms with Crippen molar-refractivity contribution in [2.45, 2.75) is 20.0 Å². The molecule has 0 aliphatic heterocycles. The molecule has 5 nitrogen and oxygen atoms in total. The largest absolute Gasteiger partial charge is 0.481 e. The van der Waals surface area contributed by atoms with E-state index in [4.69, 9.17) is 9.84 Å². The fourth-order valence-electron chi connectivity index (χ4n) is 0.990. The molecule has 0 radical (unpaired) electrons. The summed E-state index contributed by atoms with van der Waals surface area (Å²) in [6.45, 7) is 3.38. The van der Waals surface area contributed by atoms with Gasteiger partial charge in [0.1, 0.15) is 6.10 Å². The fourth-order valence-corrected chi connectivity index (χ4v) is 0.990. The summed E-state index contributed by atoms with van der Waals surface area (Å²) in [7, 11) is 3.01. The minimum atomic E-state index is -0.908. The number of aliphatic carboxylic acids is 1. The lowest BCUT2D eigenvalue weighted by molar-refractivity contribution is -0.145. The van der Waals surface area contributed by atoms with E-state index < -0.39 is 18.0 Å². The number of hydrogen-bond donors (Lipinski definition) is 1. The van der Waals surface area contributed by atoms with Crippen LogP contribution in [0.2, 0.25) is 0 Å². The number of carbonyl (C=O) groups is 2. The molecule has 0 aliphatic rings. The first-order valence-electron chi connectivity index (χ1n) is 4.40. The van der Waals surface area contributed by atoms with E-state index in [0.717, 1.165) is 0 Å². The molecule has 82 valence electrons. The summed E-state index contributed by atoms with van der Waals surface area (Å²) in [5.74, 6) is -1.68. The average Bonchev–Trinajstić information content (AvgIpc) is 2.14. The van der Waals surface area contributed by atoms with Crippen LogP contribution in [0.25, 0.3) is 0 Å². The van der Waals surface area contributed by atoms with E-state index in [-0.39, 0.29) is 12.5 Å². The maximum absolute atomic E-state index is 11.4. The van der Waals surface area contributed by atoms with Crippen molar-refractivity contribution < 1.29 is 19.4 Å². The van der Waals surface area contributed by atoms with Crippen LogP contribution in [0.1, 0.15) is 13.8 Å². The van der Waals surface area contributed by atoms with Crippen LogP contribution in [0.5, 0.6) is 0 Å². The van der Waals surface area contributed by atoms with Crippen LogP contribution in [0.15, 0.2) is 0 Å². The second-order valence-corrected chi connectivity index (χ2v) is 3.34. The molecule has 0 heterocycles. The van der Waals surface area contributed by atoms with Crippen molar-refractivity contribution in [1.82, 2.24) is 4.90 Å². The fraction of sp³-hybridized carbons (Fsp3) is 0.778. The van der Waals surface area contributed by atoms with Crippen molar-refractivity contribution in [3.05, 3.63) is 0 Å². The Morgan fingerprint density at radius 2 is 1.93 bits per heavy atom. The minimum absolute atomic E-state index is 0.196. The molecule has 0 saturated carbocycles. The lowest BCUT2D eigenvalue weighted by atomic mass is 10.1. The first-order chi connectivity index (χ1) is 6.40. The number of methoxy groups -OCH3 is 1. The molecule has 1 amide bonds. The normalized spacial score (nSPS) is 14.6. The summed E-state index contributed by atoms with van der Waals surface area (Å²) >= 11 is 0. The van der Waals surface area contributed by atoms with Gasteiger partial charge < -0.3 is 14.7 Å². The molecular weight excluding hydrogens is 186 g/mol. The van der Waals surface area contributed by atoms with Crippen LogP contribution in [0.4, 0.5) is 0 Å². The predicted octanol–water partition coefficient (Wildman–Crippen LogP) is 0.200. The zero-order valence-electron chi connectivity index (χ0n) is 8.98. The number of carboxylic acids is 1. The number of nitrogens with zero attached hydrogens (tertiary/aromatic N) is 1. The van der Waals surface area contributed by atoms with Gasteiger partial charge in [0.25, 0.3) is 5.91 Å². The molecule has 0 spiro atoms. The van der Waals surface area contributed by atoms with Crippen molar-refractivity contribution in [2.75, 3.05) is 20.7 Å². The Hall–Kier alpha value is -1.10.